The molecule has 0 aliphatic carbocycles. The summed E-state index contributed by atoms with van der Waals surface area (Å²) in [5.74, 6) is 0. The molecule has 1 heterocycles. The van der Waals surface area contributed by atoms with E-state index in [4.69, 9.17) is 4.74 Å². The number of nitrogens with zero attached hydrogens (tertiary/aromatic N) is 1. The molecule has 96 valence electrons. The molecule has 0 radical (unpaired) electrons. The maximum Gasteiger partial charge on any atom is 0.0622 e. The Balaban J connectivity index is 2.27. The van der Waals surface area contributed by atoms with Gasteiger partial charge in [-0.3, -0.25) is 4.90 Å². The normalized spacial score (nSPS) is 22.9. The minimum atomic E-state index is 0.641. The van der Waals surface area contributed by atoms with Crippen LogP contribution in [0.5, 0.6) is 0 Å². The molecule has 1 saturated heterocycles. The molecule has 3 nitrogen and oxygen atoms in total. The molecule has 0 aromatic heterocycles. The zero-order valence-electron chi connectivity index (χ0n) is 11.2. The van der Waals surface area contributed by atoms with Crippen LogP contribution >= 0.6 is 0 Å². The molecule has 0 aromatic carbocycles. The first-order chi connectivity index (χ1) is 7.77. The van der Waals surface area contributed by atoms with Crippen molar-refractivity contribution in [1.29, 1.82) is 0 Å². The number of hydrogen-bond acceptors (Lipinski definition) is 3. The third-order valence-electron chi connectivity index (χ3n) is 3.36. The van der Waals surface area contributed by atoms with Gasteiger partial charge in [0.2, 0.25) is 0 Å². The lowest BCUT2D eigenvalue weighted by molar-refractivity contribution is 0.151. The quantitative estimate of drug-likeness (QED) is 0.686. The number of hydrogen-bond donors (Lipinski definition) is 1. The summed E-state index contributed by atoms with van der Waals surface area (Å²) in [6.45, 7) is 8.64. The maximum atomic E-state index is 5.44. The van der Waals surface area contributed by atoms with Crippen LogP contribution in [0.2, 0.25) is 0 Å². The summed E-state index contributed by atoms with van der Waals surface area (Å²) in [6.07, 6.45) is 4.95. The molecule has 1 N–H and O–H groups in total. The van der Waals surface area contributed by atoms with Crippen LogP contribution in [0.4, 0.5) is 0 Å². The minimum Gasteiger partial charge on any atom is -0.380 e. The lowest BCUT2D eigenvalue weighted by atomic mass is 10.1. The lowest BCUT2D eigenvalue weighted by Crippen LogP contribution is -2.44. The highest BCUT2D eigenvalue weighted by Crippen LogP contribution is 2.11. The van der Waals surface area contributed by atoms with Crippen LogP contribution in [0, 0.1) is 0 Å². The van der Waals surface area contributed by atoms with E-state index in [1.165, 1.54) is 25.7 Å². The van der Waals surface area contributed by atoms with Crippen molar-refractivity contribution in [2.45, 2.75) is 51.6 Å². The van der Waals surface area contributed by atoms with Gasteiger partial charge in [-0.1, -0.05) is 20.3 Å². The van der Waals surface area contributed by atoms with Crippen LogP contribution in [0.3, 0.4) is 0 Å². The number of nitrogens with one attached hydrogen (secondary N) is 1. The molecule has 3 heteroatoms. The fourth-order valence-electron chi connectivity index (χ4n) is 2.32. The predicted molar refractivity (Wildman–Crippen MR) is 68.8 cm³/mol. The molecular formula is C13H28N2O. The molecule has 0 saturated carbocycles. The summed E-state index contributed by atoms with van der Waals surface area (Å²) in [5, 5.41) is 3.64. The summed E-state index contributed by atoms with van der Waals surface area (Å²) < 4.78 is 5.44. The smallest absolute Gasteiger partial charge is 0.0622 e. The predicted octanol–water partition coefficient (Wildman–Crippen LogP) is 1.88. The topological polar surface area (TPSA) is 24.5 Å². The van der Waals surface area contributed by atoms with E-state index in [1.54, 1.807) is 0 Å². The Kier molecular flexibility index (Phi) is 7.01. The molecule has 0 bridgehead atoms. The molecule has 1 aliphatic heterocycles. The summed E-state index contributed by atoms with van der Waals surface area (Å²) in [5.41, 5.74) is 0. The van der Waals surface area contributed by atoms with Crippen LogP contribution in [0.25, 0.3) is 0 Å². The molecule has 2 unspecified atom stereocenters. The number of ether oxygens (including phenoxy) is 1. The van der Waals surface area contributed by atoms with E-state index < -0.39 is 0 Å². The molecule has 0 spiro atoms. The van der Waals surface area contributed by atoms with Gasteiger partial charge in [-0.25, -0.2) is 0 Å². The second-order valence-corrected chi connectivity index (χ2v) is 4.90. The second kappa shape index (κ2) is 8.04. The van der Waals surface area contributed by atoms with E-state index in [2.05, 4.69) is 31.1 Å². The highest BCUT2D eigenvalue weighted by molar-refractivity contribution is 4.78. The zero-order chi connectivity index (χ0) is 11.8. The SMILES string of the molecule is CCCNC(CCC)CN(C)C1CCOC1. The van der Waals surface area contributed by atoms with Crippen LogP contribution in [0.15, 0.2) is 0 Å². The Hall–Kier alpha value is -0.120. The van der Waals surface area contributed by atoms with Crippen molar-refractivity contribution >= 4 is 0 Å². The van der Waals surface area contributed by atoms with Crippen molar-refractivity contribution in [1.82, 2.24) is 10.2 Å². The average molecular weight is 228 g/mol. The third-order valence-corrected chi connectivity index (χ3v) is 3.36. The van der Waals surface area contributed by atoms with Crippen molar-refractivity contribution in [2.24, 2.45) is 0 Å². The largest absolute Gasteiger partial charge is 0.380 e. The standard InChI is InChI=1S/C13H28N2O/c1-4-6-12(14-8-5-2)10-15(3)13-7-9-16-11-13/h12-14H,4-11H2,1-3H3. The minimum absolute atomic E-state index is 0.641. The molecule has 0 aromatic rings. The Labute approximate surface area is 101 Å². The molecule has 1 rings (SSSR count). The van der Waals surface area contributed by atoms with Gasteiger partial charge in [-0.15, -0.1) is 0 Å². The monoisotopic (exact) mass is 228 g/mol. The number of likely N-dealkylation sites (N-methyl/N-ethyl adjacent to an activating group) is 1. The first-order valence-corrected chi connectivity index (χ1v) is 6.79. The maximum absolute atomic E-state index is 5.44. The second-order valence-electron chi connectivity index (χ2n) is 4.90. The van der Waals surface area contributed by atoms with Crippen LogP contribution in [-0.4, -0.2) is 50.3 Å². The summed E-state index contributed by atoms with van der Waals surface area (Å²) in [7, 11) is 2.23. The summed E-state index contributed by atoms with van der Waals surface area (Å²) in [6, 6.07) is 1.29. The highest BCUT2D eigenvalue weighted by atomic mass is 16.5. The van der Waals surface area contributed by atoms with E-state index >= 15 is 0 Å². The Morgan fingerprint density at radius 1 is 1.38 bits per heavy atom. The Bertz CT molecular complexity index is 169. The van der Waals surface area contributed by atoms with Crippen molar-refractivity contribution in [3.63, 3.8) is 0 Å². The lowest BCUT2D eigenvalue weighted by Gasteiger charge is -2.28. The van der Waals surface area contributed by atoms with E-state index in [0.29, 0.717) is 12.1 Å². The molecule has 0 amide bonds. The fraction of sp³-hybridized carbons (Fsp3) is 1.00. The van der Waals surface area contributed by atoms with Crippen LogP contribution < -0.4 is 5.32 Å². The zero-order valence-corrected chi connectivity index (χ0v) is 11.2. The molecule has 1 aliphatic rings. The van der Waals surface area contributed by atoms with Crippen LogP contribution in [0.1, 0.15) is 39.5 Å². The van der Waals surface area contributed by atoms with E-state index in [1.807, 2.05) is 0 Å². The average Bonchev–Trinajstić information content (AvgIpc) is 2.79. The van der Waals surface area contributed by atoms with E-state index in [-0.39, 0.29) is 0 Å². The van der Waals surface area contributed by atoms with Crippen molar-refractivity contribution in [3.8, 4) is 0 Å². The Morgan fingerprint density at radius 2 is 2.19 bits per heavy atom. The van der Waals surface area contributed by atoms with Crippen molar-refractivity contribution in [2.75, 3.05) is 33.4 Å². The summed E-state index contributed by atoms with van der Waals surface area (Å²) >= 11 is 0. The number of rotatable bonds is 8. The van der Waals surface area contributed by atoms with E-state index in [9.17, 15) is 0 Å². The first kappa shape index (κ1) is 13.9. The van der Waals surface area contributed by atoms with Gasteiger partial charge in [0.15, 0.2) is 0 Å². The molecule has 1 fully saturated rings. The highest BCUT2D eigenvalue weighted by Gasteiger charge is 2.22. The van der Waals surface area contributed by atoms with Crippen LogP contribution in [-0.2, 0) is 4.74 Å². The molecule has 2 atom stereocenters. The molecular weight excluding hydrogens is 200 g/mol. The molecule has 16 heavy (non-hydrogen) atoms. The van der Waals surface area contributed by atoms with Gasteiger partial charge in [-0.05, 0) is 32.9 Å². The van der Waals surface area contributed by atoms with Gasteiger partial charge >= 0.3 is 0 Å². The first-order valence-electron chi connectivity index (χ1n) is 6.79. The fourth-order valence-corrected chi connectivity index (χ4v) is 2.32. The Morgan fingerprint density at radius 3 is 2.75 bits per heavy atom. The summed E-state index contributed by atoms with van der Waals surface area (Å²) in [4.78, 5) is 2.47. The van der Waals surface area contributed by atoms with Crippen molar-refractivity contribution in [3.05, 3.63) is 0 Å². The van der Waals surface area contributed by atoms with Gasteiger partial charge in [0.25, 0.3) is 0 Å². The third kappa shape index (κ3) is 4.81. The van der Waals surface area contributed by atoms with Gasteiger partial charge in [-0.2, -0.15) is 0 Å². The van der Waals surface area contributed by atoms with Crippen molar-refractivity contribution < 1.29 is 4.74 Å². The van der Waals surface area contributed by atoms with Gasteiger partial charge in [0.1, 0.15) is 0 Å². The van der Waals surface area contributed by atoms with Gasteiger partial charge in [0.05, 0.1) is 6.61 Å². The van der Waals surface area contributed by atoms with E-state index in [0.717, 1.165) is 26.3 Å². The van der Waals surface area contributed by atoms with Gasteiger partial charge in [0, 0.05) is 25.2 Å². The van der Waals surface area contributed by atoms with Gasteiger partial charge < -0.3 is 10.1 Å².